The summed E-state index contributed by atoms with van der Waals surface area (Å²) in [5.41, 5.74) is 4.73. The van der Waals surface area contributed by atoms with E-state index < -0.39 is 27.3 Å². The van der Waals surface area contributed by atoms with Gasteiger partial charge in [-0.3, -0.25) is 9.69 Å². The standard InChI is InChI=1S/C22H35N3O6S/c1-7-25-11-9-10-14(25)13-24-20(26)15-12-16(32(28,29)8-2)17(18(23)19(15)30-6)21(27)31-22(3,4)5/h12,14H,7-11,13,23H2,1-6H3,(H,24,26). The maximum atomic E-state index is 13.0. The minimum atomic E-state index is -3.90. The van der Waals surface area contributed by atoms with Crippen LogP contribution in [0.25, 0.3) is 0 Å². The Labute approximate surface area is 190 Å². The number of amides is 1. The lowest BCUT2D eigenvalue weighted by Crippen LogP contribution is -2.40. The molecule has 1 unspecified atom stereocenters. The Morgan fingerprint density at radius 2 is 1.94 bits per heavy atom. The molecule has 10 heteroatoms. The Morgan fingerprint density at radius 3 is 2.47 bits per heavy atom. The van der Waals surface area contributed by atoms with Gasteiger partial charge in [-0.25, -0.2) is 13.2 Å². The predicted molar refractivity (Wildman–Crippen MR) is 123 cm³/mol. The minimum absolute atomic E-state index is 0.0367. The number of carbonyl (C=O) groups is 2. The van der Waals surface area contributed by atoms with Crippen LogP contribution < -0.4 is 15.8 Å². The van der Waals surface area contributed by atoms with Crippen LogP contribution in [0.5, 0.6) is 5.75 Å². The second-order valence-electron chi connectivity index (χ2n) is 8.78. The van der Waals surface area contributed by atoms with Gasteiger partial charge in [0.05, 0.1) is 29.0 Å². The molecular formula is C22H35N3O6S. The molecule has 0 aromatic heterocycles. The number of nitrogens with one attached hydrogen (secondary N) is 1. The van der Waals surface area contributed by atoms with Crippen LogP contribution in [0.15, 0.2) is 11.0 Å². The third-order valence-electron chi connectivity index (χ3n) is 5.45. The monoisotopic (exact) mass is 469 g/mol. The van der Waals surface area contributed by atoms with E-state index in [-0.39, 0.29) is 39.3 Å². The highest BCUT2D eigenvalue weighted by atomic mass is 32.2. The fourth-order valence-corrected chi connectivity index (χ4v) is 4.95. The molecule has 32 heavy (non-hydrogen) atoms. The number of hydrogen-bond acceptors (Lipinski definition) is 8. The average Bonchev–Trinajstić information content (AvgIpc) is 3.17. The summed E-state index contributed by atoms with van der Waals surface area (Å²) in [6.45, 7) is 10.8. The molecule has 0 spiro atoms. The molecule has 0 saturated carbocycles. The number of rotatable bonds is 8. The first-order valence-corrected chi connectivity index (χ1v) is 12.5. The fraction of sp³-hybridized carbons (Fsp3) is 0.636. The summed E-state index contributed by atoms with van der Waals surface area (Å²) in [6.07, 6.45) is 2.04. The van der Waals surface area contributed by atoms with Crippen molar-refractivity contribution in [3.8, 4) is 5.75 Å². The van der Waals surface area contributed by atoms with E-state index in [2.05, 4.69) is 17.1 Å². The van der Waals surface area contributed by atoms with Crippen LogP contribution in [-0.2, 0) is 14.6 Å². The van der Waals surface area contributed by atoms with E-state index in [1.54, 1.807) is 20.8 Å². The highest BCUT2D eigenvalue weighted by molar-refractivity contribution is 7.91. The van der Waals surface area contributed by atoms with Crippen LogP contribution in [-0.4, -0.2) is 69.3 Å². The van der Waals surface area contributed by atoms with Gasteiger partial charge in [-0.2, -0.15) is 0 Å². The first-order chi connectivity index (χ1) is 14.9. The summed E-state index contributed by atoms with van der Waals surface area (Å²) in [5.74, 6) is -1.74. The Morgan fingerprint density at radius 1 is 1.28 bits per heavy atom. The lowest BCUT2D eigenvalue weighted by atomic mass is 10.1. The summed E-state index contributed by atoms with van der Waals surface area (Å²) in [5, 5.41) is 2.86. The van der Waals surface area contributed by atoms with Gasteiger partial charge in [-0.15, -0.1) is 0 Å². The molecule has 1 amide bonds. The Balaban J connectivity index is 2.52. The smallest absolute Gasteiger partial charge is 0.342 e. The molecular weight excluding hydrogens is 434 g/mol. The number of esters is 1. The summed E-state index contributed by atoms with van der Waals surface area (Å²) in [6, 6.07) is 1.38. The van der Waals surface area contributed by atoms with E-state index in [0.29, 0.717) is 6.54 Å². The number of nitrogen functional groups attached to an aromatic ring is 1. The Kier molecular flexibility index (Phi) is 8.17. The molecule has 0 aliphatic carbocycles. The van der Waals surface area contributed by atoms with Crippen molar-refractivity contribution < 1.29 is 27.5 Å². The Bertz CT molecular complexity index is 969. The third kappa shape index (κ3) is 5.72. The molecule has 1 aliphatic heterocycles. The summed E-state index contributed by atoms with van der Waals surface area (Å²) < 4.78 is 36.4. The first kappa shape index (κ1) is 25.9. The largest absolute Gasteiger partial charge is 0.494 e. The molecule has 0 bridgehead atoms. The molecule has 0 radical (unpaired) electrons. The highest BCUT2D eigenvalue weighted by Gasteiger charge is 2.33. The van der Waals surface area contributed by atoms with Crippen LogP contribution >= 0.6 is 0 Å². The molecule has 1 aromatic carbocycles. The van der Waals surface area contributed by atoms with Crippen LogP contribution in [0.2, 0.25) is 0 Å². The number of sulfone groups is 1. The van der Waals surface area contributed by atoms with Crippen molar-refractivity contribution in [1.29, 1.82) is 0 Å². The molecule has 1 saturated heterocycles. The van der Waals surface area contributed by atoms with Crippen molar-refractivity contribution in [3.05, 3.63) is 17.2 Å². The Hall–Kier alpha value is -2.33. The zero-order chi connectivity index (χ0) is 24.3. The number of hydrogen-bond donors (Lipinski definition) is 2. The number of likely N-dealkylation sites (N-methyl/N-ethyl adjacent to an activating group) is 1. The summed E-state index contributed by atoms with van der Waals surface area (Å²) in [4.78, 5) is 27.8. The van der Waals surface area contributed by atoms with Crippen molar-refractivity contribution in [2.45, 2.75) is 64.0 Å². The van der Waals surface area contributed by atoms with E-state index in [9.17, 15) is 18.0 Å². The molecule has 1 aliphatic rings. The number of carbonyl (C=O) groups excluding carboxylic acids is 2. The number of nitrogens with two attached hydrogens (primary N) is 1. The second-order valence-corrected chi connectivity index (χ2v) is 11.0. The van der Waals surface area contributed by atoms with E-state index in [1.807, 2.05) is 0 Å². The number of benzene rings is 1. The van der Waals surface area contributed by atoms with Crippen LogP contribution in [0.3, 0.4) is 0 Å². The molecule has 2 rings (SSSR count). The summed E-state index contributed by atoms with van der Waals surface area (Å²) in [7, 11) is -2.59. The van der Waals surface area contributed by atoms with Crippen molar-refractivity contribution in [2.24, 2.45) is 0 Å². The SMILES string of the molecule is CCN1CCCC1CNC(=O)c1cc(S(=O)(=O)CC)c(C(=O)OC(C)(C)C)c(N)c1OC. The first-order valence-electron chi connectivity index (χ1n) is 10.8. The van der Waals surface area contributed by atoms with Gasteiger partial charge >= 0.3 is 5.97 Å². The average molecular weight is 470 g/mol. The van der Waals surface area contributed by atoms with Gasteiger partial charge in [0.25, 0.3) is 5.91 Å². The number of nitrogens with zero attached hydrogens (tertiary/aromatic N) is 1. The third-order valence-corrected chi connectivity index (χ3v) is 7.20. The molecule has 3 N–H and O–H groups in total. The molecule has 1 aromatic rings. The molecule has 9 nitrogen and oxygen atoms in total. The van der Waals surface area contributed by atoms with Crippen molar-refractivity contribution in [1.82, 2.24) is 10.2 Å². The van der Waals surface area contributed by atoms with E-state index in [1.165, 1.54) is 14.0 Å². The maximum Gasteiger partial charge on any atom is 0.342 e. The van der Waals surface area contributed by atoms with Gasteiger partial charge < -0.3 is 20.5 Å². The highest BCUT2D eigenvalue weighted by Crippen LogP contribution is 2.36. The van der Waals surface area contributed by atoms with E-state index in [0.717, 1.165) is 32.0 Å². The molecule has 1 fully saturated rings. The zero-order valence-electron chi connectivity index (χ0n) is 19.8. The number of methoxy groups -OCH3 is 1. The van der Waals surface area contributed by atoms with Gasteiger partial charge in [-0.05, 0) is 52.8 Å². The minimum Gasteiger partial charge on any atom is -0.494 e. The molecule has 1 atom stereocenters. The van der Waals surface area contributed by atoms with Gasteiger partial charge in [0.15, 0.2) is 15.6 Å². The number of likely N-dealkylation sites (tertiary alicyclic amines) is 1. The lowest BCUT2D eigenvalue weighted by molar-refractivity contribution is 0.00659. The molecule has 1 heterocycles. The topological polar surface area (TPSA) is 128 Å². The second kappa shape index (κ2) is 10.1. The van der Waals surface area contributed by atoms with Crippen molar-refractivity contribution in [3.63, 3.8) is 0 Å². The number of ether oxygens (including phenoxy) is 2. The van der Waals surface area contributed by atoms with Crippen molar-refractivity contribution >= 4 is 27.4 Å². The van der Waals surface area contributed by atoms with Crippen molar-refractivity contribution in [2.75, 3.05) is 38.2 Å². The predicted octanol–water partition coefficient (Wildman–Crippen LogP) is 2.24. The maximum absolute atomic E-state index is 13.0. The van der Waals surface area contributed by atoms with Crippen LogP contribution in [0, 0.1) is 0 Å². The zero-order valence-corrected chi connectivity index (χ0v) is 20.6. The van der Waals surface area contributed by atoms with Gasteiger partial charge in [0, 0.05) is 12.6 Å². The van der Waals surface area contributed by atoms with Gasteiger partial charge in [-0.1, -0.05) is 13.8 Å². The lowest BCUT2D eigenvalue weighted by Gasteiger charge is -2.24. The van der Waals surface area contributed by atoms with E-state index in [4.69, 9.17) is 15.2 Å². The molecule has 180 valence electrons. The number of anilines is 1. The summed E-state index contributed by atoms with van der Waals surface area (Å²) >= 11 is 0. The fourth-order valence-electron chi connectivity index (χ4n) is 3.84. The van der Waals surface area contributed by atoms with Crippen LogP contribution in [0.1, 0.15) is 68.2 Å². The van der Waals surface area contributed by atoms with Crippen LogP contribution in [0.4, 0.5) is 5.69 Å². The normalized spacial score (nSPS) is 17.2. The van der Waals surface area contributed by atoms with Gasteiger partial charge in [0.2, 0.25) is 0 Å². The van der Waals surface area contributed by atoms with Gasteiger partial charge in [0.1, 0.15) is 11.2 Å². The van der Waals surface area contributed by atoms with E-state index >= 15 is 0 Å². The quantitative estimate of drug-likeness (QED) is 0.438.